The highest BCUT2D eigenvalue weighted by Gasteiger charge is 2.28. The highest BCUT2D eigenvalue weighted by molar-refractivity contribution is 5.97. The maximum absolute atomic E-state index is 13.6. The van der Waals surface area contributed by atoms with E-state index in [1.807, 2.05) is 32.9 Å². The van der Waals surface area contributed by atoms with Gasteiger partial charge >= 0.3 is 0 Å². The summed E-state index contributed by atoms with van der Waals surface area (Å²) in [6.45, 7) is 10.8. The largest absolute Gasteiger partial charge is 0.390 e. The Hall–Kier alpha value is -3.12. The monoisotopic (exact) mass is 547 g/mol. The number of likely N-dealkylation sites (tertiary alicyclic amines) is 1. The maximum atomic E-state index is 13.6. The van der Waals surface area contributed by atoms with E-state index >= 15 is 0 Å². The summed E-state index contributed by atoms with van der Waals surface area (Å²) in [6.07, 6.45) is 4.28. The van der Waals surface area contributed by atoms with E-state index in [0.717, 1.165) is 60.3 Å². The molecule has 1 aromatic carbocycles. The van der Waals surface area contributed by atoms with Crippen molar-refractivity contribution in [2.24, 2.45) is 0 Å². The first kappa shape index (κ1) is 29.9. The molecule has 0 unspecified atom stereocenters. The smallest absolute Gasteiger partial charge is 0.253 e. The van der Waals surface area contributed by atoms with Gasteiger partial charge in [-0.05, 0) is 96.8 Å². The molecule has 0 bridgehead atoms. The molecule has 1 aromatic heterocycles. The Labute approximate surface area is 238 Å². The second kappa shape index (κ2) is 13.0. The Morgan fingerprint density at radius 2 is 1.77 bits per heavy atom. The van der Waals surface area contributed by atoms with Crippen molar-refractivity contribution in [3.05, 3.63) is 62.1 Å². The molecular formula is C32H45N5O3. The maximum Gasteiger partial charge on any atom is 0.253 e. The number of carbonyl (C=O) groups excluding carboxylic acids is 1. The number of aryl methyl sites for hydroxylation is 2. The lowest BCUT2D eigenvalue weighted by Gasteiger charge is -2.40. The minimum Gasteiger partial charge on any atom is -0.390 e. The number of rotatable bonds is 8. The number of H-pyrrole nitrogens is 1. The first-order chi connectivity index (χ1) is 19.1. The number of anilines is 1. The normalized spacial score (nSPS) is 19.6. The summed E-state index contributed by atoms with van der Waals surface area (Å²) >= 11 is 0. The Morgan fingerprint density at radius 1 is 1.10 bits per heavy atom. The standard InChI is InChI=1S/C32H45N5O3/c1-7-37(26-12-10-25(11-13-26)35(5)6)30-17-24(9-8-14-36-19-27(38)20-36)16-28(23(30)4)31(39)33-18-29-21(2)15-22(3)34-32(29)40/h15-17,25-27,38H,7,10-14,18-20H2,1-6H3,(H,33,39)(H,34,40)/t25-,26-. The highest BCUT2D eigenvalue weighted by atomic mass is 16.3. The van der Waals surface area contributed by atoms with Crippen molar-refractivity contribution in [1.82, 2.24) is 20.1 Å². The van der Waals surface area contributed by atoms with Crippen molar-refractivity contribution in [3.8, 4) is 11.8 Å². The van der Waals surface area contributed by atoms with E-state index in [9.17, 15) is 14.7 Å². The number of aromatic nitrogens is 1. The molecule has 2 fully saturated rings. The minimum absolute atomic E-state index is 0.161. The number of hydrogen-bond acceptors (Lipinski definition) is 6. The number of benzene rings is 1. The molecular weight excluding hydrogens is 502 g/mol. The Morgan fingerprint density at radius 3 is 2.38 bits per heavy atom. The van der Waals surface area contributed by atoms with Gasteiger partial charge in [-0.1, -0.05) is 11.8 Å². The molecule has 1 aliphatic heterocycles. The quantitative estimate of drug-likeness (QED) is 0.440. The molecule has 8 heteroatoms. The fraction of sp³-hybridized carbons (Fsp3) is 0.562. The zero-order valence-corrected chi connectivity index (χ0v) is 24.9. The summed E-state index contributed by atoms with van der Waals surface area (Å²) in [5.74, 6) is 6.31. The fourth-order valence-corrected chi connectivity index (χ4v) is 6.11. The van der Waals surface area contributed by atoms with Crippen LogP contribution < -0.4 is 15.8 Å². The van der Waals surface area contributed by atoms with E-state index in [0.29, 0.717) is 42.8 Å². The van der Waals surface area contributed by atoms with Gasteiger partial charge in [0.25, 0.3) is 11.5 Å². The van der Waals surface area contributed by atoms with Crippen molar-refractivity contribution in [3.63, 3.8) is 0 Å². The fourth-order valence-electron chi connectivity index (χ4n) is 6.11. The number of aliphatic hydroxyl groups is 1. The van der Waals surface area contributed by atoms with Crippen LogP contribution in [-0.2, 0) is 6.54 Å². The third-order valence-corrected chi connectivity index (χ3v) is 8.51. The van der Waals surface area contributed by atoms with Crippen LogP contribution in [0.25, 0.3) is 0 Å². The van der Waals surface area contributed by atoms with Crippen LogP contribution in [0.4, 0.5) is 5.69 Å². The predicted molar refractivity (Wildman–Crippen MR) is 161 cm³/mol. The molecule has 0 atom stereocenters. The number of aromatic amines is 1. The summed E-state index contributed by atoms with van der Waals surface area (Å²) in [5.41, 5.74) is 5.43. The van der Waals surface area contributed by atoms with Crippen molar-refractivity contribution in [2.75, 3.05) is 45.2 Å². The summed E-state index contributed by atoms with van der Waals surface area (Å²) in [4.78, 5) is 35.8. The van der Waals surface area contributed by atoms with E-state index in [1.54, 1.807) is 0 Å². The van der Waals surface area contributed by atoms with Gasteiger partial charge in [0.15, 0.2) is 0 Å². The van der Waals surface area contributed by atoms with Gasteiger partial charge in [0, 0.05) is 66.3 Å². The SMILES string of the molecule is CCN(c1cc(C#CCN2CC(O)C2)cc(C(=O)NCc2c(C)cc(C)[nH]c2=O)c1C)[C@H]1CC[C@H](N(C)C)CC1. The number of pyridine rings is 1. The molecule has 0 radical (unpaired) electrons. The third kappa shape index (κ3) is 6.95. The molecule has 1 aliphatic carbocycles. The molecule has 3 N–H and O–H groups in total. The number of nitrogens with one attached hydrogen (secondary N) is 2. The molecule has 1 saturated heterocycles. The van der Waals surface area contributed by atoms with Crippen LogP contribution in [0, 0.1) is 32.6 Å². The number of β-amino-alcohol motifs (C(OH)–C–C–N with tert-alkyl or cyclic N) is 1. The van der Waals surface area contributed by atoms with Crippen LogP contribution in [0.3, 0.4) is 0 Å². The summed E-state index contributed by atoms with van der Waals surface area (Å²) in [7, 11) is 4.32. The molecule has 2 aliphatic rings. The topological polar surface area (TPSA) is 91.9 Å². The Bertz CT molecular complexity index is 1320. The van der Waals surface area contributed by atoms with Crippen LogP contribution in [0.15, 0.2) is 23.0 Å². The molecule has 216 valence electrons. The van der Waals surface area contributed by atoms with Crippen molar-refractivity contribution >= 4 is 11.6 Å². The lowest BCUT2D eigenvalue weighted by molar-refractivity contribution is 0.0111. The molecule has 0 spiro atoms. The van der Waals surface area contributed by atoms with Crippen molar-refractivity contribution in [2.45, 2.75) is 78.1 Å². The van der Waals surface area contributed by atoms with Gasteiger partial charge in [-0.2, -0.15) is 0 Å². The number of carbonyl (C=O) groups is 1. The summed E-state index contributed by atoms with van der Waals surface area (Å²) < 4.78 is 0. The average molecular weight is 548 g/mol. The van der Waals surface area contributed by atoms with E-state index in [-0.39, 0.29) is 24.1 Å². The zero-order valence-electron chi connectivity index (χ0n) is 24.9. The molecule has 1 amide bonds. The lowest BCUT2D eigenvalue weighted by atomic mass is 9.88. The molecule has 1 saturated carbocycles. The van der Waals surface area contributed by atoms with Crippen LogP contribution in [-0.4, -0.2) is 84.3 Å². The number of amides is 1. The Balaban J connectivity index is 1.62. The van der Waals surface area contributed by atoms with Gasteiger partial charge in [0.2, 0.25) is 0 Å². The molecule has 2 aromatic rings. The first-order valence-electron chi connectivity index (χ1n) is 14.5. The van der Waals surface area contributed by atoms with Crippen molar-refractivity contribution < 1.29 is 9.90 Å². The van der Waals surface area contributed by atoms with Gasteiger partial charge in [-0.3, -0.25) is 14.5 Å². The van der Waals surface area contributed by atoms with Crippen LogP contribution in [0.5, 0.6) is 0 Å². The minimum atomic E-state index is -0.256. The van der Waals surface area contributed by atoms with Crippen LogP contribution >= 0.6 is 0 Å². The molecule has 4 rings (SSSR count). The van der Waals surface area contributed by atoms with Gasteiger partial charge in [0.1, 0.15) is 0 Å². The van der Waals surface area contributed by atoms with Crippen LogP contribution in [0.1, 0.15) is 70.9 Å². The zero-order chi connectivity index (χ0) is 29.0. The van der Waals surface area contributed by atoms with Crippen LogP contribution in [0.2, 0.25) is 0 Å². The molecule has 8 nitrogen and oxygen atoms in total. The second-order valence-electron chi connectivity index (χ2n) is 11.7. The van der Waals surface area contributed by atoms with E-state index in [4.69, 9.17) is 0 Å². The first-order valence-corrected chi connectivity index (χ1v) is 14.5. The van der Waals surface area contributed by atoms with Gasteiger partial charge in [-0.25, -0.2) is 0 Å². The summed E-state index contributed by atoms with van der Waals surface area (Å²) in [5, 5.41) is 12.6. The summed E-state index contributed by atoms with van der Waals surface area (Å²) in [6, 6.07) is 6.94. The third-order valence-electron chi connectivity index (χ3n) is 8.51. The van der Waals surface area contributed by atoms with Gasteiger partial charge < -0.3 is 25.2 Å². The Kier molecular flexibility index (Phi) is 9.72. The molecule has 2 heterocycles. The molecule has 40 heavy (non-hydrogen) atoms. The predicted octanol–water partition coefficient (Wildman–Crippen LogP) is 2.96. The lowest BCUT2D eigenvalue weighted by Crippen LogP contribution is -2.50. The van der Waals surface area contributed by atoms with Gasteiger partial charge in [0.05, 0.1) is 12.6 Å². The van der Waals surface area contributed by atoms with E-state index in [2.05, 4.69) is 63.9 Å². The number of hydrogen-bond donors (Lipinski definition) is 3. The second-order valence-corrected chi connectivity index (χ2v) is 11.7. The van der Waals surface area contributed by atoms with Gasteiger partial charge in [-0.15, -0.1) is 0 Å². The number of aliphatic hydroxyl groups excluding tert-OH is 1. The van der Waals surface area contributed by atoms with E-state index in [1.165, 1.54) is 0 Å². The highest BCUT2D eigenvalue weighted by Crippen LogP contribution is 2.33. The number of nitrogens with zero attached hydrogens (tertiary/aromatic N) is 3. The average Bonchev–Trinajstić information content (AvgIpc) is 2.89. The van der Waals surface area contributed by atoms with Crippen molar-refractivity contribution in [1.29, 1.82) is 0 Å². The van der Waals surface area contributed by atoms with E-state index < -0.39 is 0 Å².